The van der Waals surface area contributed by atoms with Crippen LogP contribution in [0.25, 0.3) is 27.8 Å². The van der Waals surface area contributed by atoms with E-state index in [4.69, 9.17) is 0 Å². The predicted octanol–water partition coefficient (Wildman–Crippen LogP) is 1.94. The highest BCUT2D eigenvalue weighted by atomic mass is 16.1. The summed E-state index contributed by atoms with van der Waals surface area (Å²) in [6.07, 6.45) is 5.03. The first-order valence-corrected chi connectivity index (χ1v) is 6.52. The van der Waals surface area contributed by atoms with Gasteiger partial charge in [-0.05, 0) is 31.2 Å². The smallest absolute Gasteiger partial charge is 0.314 e. The zero-order chi connectivity index (χ0) is 14.4. The van der Waals surface area contributed by atoms with Gasteiger partial charge in [0.1, 0.15) is 11.5 Å². The highest BCUT2D eigenvalue weighted by Crippen LogP contribution is 2.31. The summed E-state index contributed by atoms with van der Waals surface area (Å²) in [6.45, 7) is 1.84. The number of pyridine rings is 1. The van der Waals surface area contributed by atoms with Crippen LogP contribution in [0.1, 0.15) is 5.82 Å². The van der Waals surface area contributed by atoms with E-state index in [0.29, 0.717) is 11.5 Å². The number of nitrogens with zero attached hydrogens (tertiary/aromatic N) is 4. The molecule has 0 fully saturated rings. The second-order valence-electron chi connectivity index (χ2n) is 4.74. The third-order valence-electron chi connectivity index (χ3n) is 3.45. The molecule has 4 rings (SSSR count). The maximum Gasteiger partial charge on any atom is 0.331 e. The van der Waals surface area contributed by atoms with Gasteiger partial charge in [0.15, 0.2) is 0 Å². The number of hydrogen-bond donors (Lipinski definition) is 1. The average Bonchev–Trinajstić information content (AvgIpc) is 2.83. The Balaban J connectivity index is 2.26. The summed E-state index contributed by atoms with van der Waals surface area (Å²) in [5, 5.41) is 0.896. The van der Waals surface area contributed by atoms with Gasteiger partial charge in [-0.15, -0.1) is 0 Å². The van der Waals surface area contributed by atoms with E-state index in [2.05, 4.69) is 19.9 Å². The molecule has 4 heterocycles. The number of nitrogens with one attached hydrogen (secondary N) is 1. The number of aromatic nitrogens is 5. The van der Waals surface area contributed by atoms with E-state index in [9.17, 15) is 4.79 Å². The molecule has 0 saturated heterocycles. The van der Waals surface area contributed by atoms with Crippen molar-refractivity contribution in [2.24, 2.45) is 0 Å². The first-order valence-electron chi connectivity index (χ1n) is 6.52. The molecule has 6 heteroatoms. The average molecular weight is 277 g/mol. The molecule has 0 saturated carbocycles. The van der Waals surface area contributed by atoms with E-state index >= 15 is 0 Å². The van der Waals surface area contributed by atoms with Crippen LogP contribution in [0, 0.1) is 6.92 Å². The van der Waals surface area contributed by atoms with Crippen molar-refractivity contribution in [1.82, 2.24) is 24.3 Å². The quantitative estimate of drug-likeness (QED) is 0.577. The number of H-pyrrole nitrogens is 1. The van der Waals surface area contributed by atoms with Crippen LogP contribution in [-0.2, 0) is 0 Å². The molecular weight excluding hydrogens is 266 g/mol. The number of hydrogen-bond acceptors (Lipinski definition) is 4. The summed E-state index contributed by atoms with van der Waals surface area (Å²) in [7, 11) is 0. The number of aryl methyl sites for hydroxylation is 1. The van der Waals surface area contributed by atoms with Crippen LogP contribution in [0.5, 0.6) is 0 Å². The van der Waals surface area contributed by atoms with Crippen LogP contribution < -0.4 is 5.69 Å². The Morgan fingerprint density at radius 2 is 2.05 bits per heavy atom. The molecule has 4 aromatic heterocycles. The molecule has 0 unspecified atom stereocenters. The van der Waals surface area contributed by atoms with E-state index in [0.717, 1.165) is 22.2 Å². The fourth-order valence-corrected chi connectivity index (χ4v) is 2.62. The van der Waals surface area contributed by atoms with E-state index in [-0.39, 0.29) is 5.69 Å². The van der Waals surface area contributed by atoms with Gasteiger partial charge >= 0.3 is 5.69 Å². The van der Waals surface area contributed by atoms with Crippen molar-refractivity contribution in [1.29, 1.82) is 0 Å². The van der Waals surface area contributed by atoms with Crippen LogP contribution in [0.2, 0.25) is 0 Å². The van der Waals surface area contributed by atoms with Crippen molar-refractivity contribution in [2.75, 3.05) is 0 Å². The van der Waals surface area contributed by atoms with Gasteiger partial charge < -0.3 is 4.98 Å². The molecule has 0 aliphatic rings. The lowest BCUT2D eigenvalue weighted by molar-refractivity contribution is 1.02. The summed E-state index contributed by atoms with van der Waals surface area (Å²) in [5.74, 6) is 0.689. The predicted molar refractivity (Wildman–Crippen MR) is 79.1 cm³/mol. The molecule has 0 aromatic carbocycles. The summed E-state index contributed by atoms with van der Waals surface area (Å²) in [4.78, 5) is 27.8. The second kappa shape index (κ2) is 4.24. The first kappa shape index (κ1) is 11.8. The Morgan fingerprint density at radius 3 is 2.90 bits per heavy atom. The topological polar surface area (TPSA) is 75.9 Å². The third-order valence-corrected chi connectivity index (χ3v) is 3.45. The Bertz CT molecular complexity index is 1030. The standard InChI is InChI=1S/C15H11N5O/c1-9-16-7-4-11(19-9)13-10-3-2-6-17-14(10)20-12(13)5-8-18-15(20)21/h2-8H,1H3,(H,18,21). The molecule has 4 aromatic rings. The highest BCUT2D eigenvalue weighted by molar-refractivity contribution is 6.03. The summed E-state index contributed by atoms with van der Waals surface area (Å²) < 4.78 is 1.57. The van der Waals surface area contributed by atoms with Gasteiger partial charge in [0.2, 0.25) is 0 Å². The van der Waals surface area contributed by atoms with Crippen molar-refractivity contribution in [3.63, 3.8) is 0 Å². The summed E-state index contributed by atoms with van der Waals surface area (Å²) in [5.41, 5.74) is 2.88. The number of aromatic amines is 1. The van der Waals surface area contributed by atoms with Gasteiger partial charge in [0.25, 0.3) is 0 Å². The molecule has 102 valence electrons. The van der Waals surface area contributed by atoms with Gasteiger partial charge in [-0.2, -0.15) is 0 Å². The van der Waals surface area contributed by atoms with Gasteiger partial charge in [-0.25, -0.2) is 24.1 Å². The highest BCUT2D eigenvalue weighted by Gasteiger charge is 2.16. The molecule has 0 atom stereocenters. The van der Waals surface area contributed by atoms with Gasteiger partial charge in [-0.3, -0.25) is 0 Å². The molecule has 0 aliphatic carbocycles. The maximum absolute atomic E-state index is 12.1. The Labute approximate surface area is 119 Å². The first-order chi connectivity index (χ1) is 10.3. The molecule has 0 amide bonds. The monoisotopic (exact) mass is 277 g/mol. The molecule has 6 nitrogen and oxygen atoms in total. The van der Waals surface area contributed by atoms with E-state index in [1.165, 1.54) is 0 Å². The Hall–Kier alpha value is -3.02. The lowest BCUT2D eigenvalue weighted by Gasteiger charge is -2.01. The minimum Gasteiger partial charge on any atom is -0.314 e. The molecule has 0 radical (unpaired) electrons. The van der Waals surface area contributed by atoms with E-state index < -0.39 is 0 Å². The van der Waals surface area contributed by atoms with Crippen molar-refractivity contribution in [3.8, 4) is 11.3 Å². The molecule has 0 spiro atoms. The third kappa shape index (κ3) is 1.66. The maximum atomic E-state index is 12.1. The van der Waals surface area contributed by atoms with Crippen LogP contribution in [-0.4, -0.2) is 24.3 Å². The largest absolute Gasteiger partial charge is 0.331 e. The fourth-order valence-electron chi connectivity index (χ4n) is 2.62. The van der Waals surface area contributed by atoms with Crippen molar-refractivity contribution in [3.05, 3.63) is 59.2 Å². The molecular formula is C15H11N5O. The Kier molecular flexibility index (Phi) is 2.38. The lowest BCUT2D eigenvalue weighted by Crippen LogP contribution is -2.14. The van der Waals surface area contributed by atoms with Gasteiger partial charge in [0, 0.05) is 29.5 Å². The van der Waals surface area contributed by atoms with E-state index in [1.807, 2.05) is 31.2 Å². The second-order valence-corrected chi connectivity index (χ2v) is 4.74. The van der Waals surface area contributed by atoms with E-state index in [1.54, 1.807) is 23.0 Å². The zero-order valence-corrected chi connectivity index (χ0v) is 11.2. The van der Waals surface area contributed by atoms with Gasteiger partial charge in [0.05, 0.1) is 11.2 Å². The van der Waals surface area contributed by atoms with Crippen LogP contribution in [0.3, 0.4) is 0 Å². The van der Waals surface area contributed by atoms with Crippen molar-refractivity contribution in [2.45, 2.75) is 6.92 Å². The molecule has 0 bridgehead atoms. The van der Waals surface area contributed by atoms with Gasteiger partial charge in [-0.1, -0.05) is 0 Å². The molecule has 0 aliphatic heterocycles. The SMILES string of the molecule is Cc1nccc(-c2c3cccnc3n3c(=O)[nH]ccc23)n1. The lowest BCUT2D eigenvalue weighted by atomic mass is 10.1. The molecule has 1 N–H and O–H groups in total. The zero-order valence-electron chi connectivity index (χ0n) is 11.2. The number of fused-ring (bicyclic) bond motifs is 3. The number of rotatable bonds is 1. The van der Waals surface area contributed by atoms with Crippen molar-refractivity contribution < 1.29 is 0 Å². The van der Waals surface area contributed by atoms with Crippen LogP contribution >= 0.6 is 0 Å². The Morgan fingerprint density at radius 1 is 1.14 bits per heavy atom. The summed E-state index contributed by atoms with van der Waals surface area (Å²) >= 11 is 0. The summed E-state index contributed by atoms with van der Waals surface area (Å²) in [6, 6.07) is 7.50. The molecule has 21 heavy (non-hydrogen) atoms. The normalized spacial score (nSPS) is 11.3. The van der Waals surface area contributed by atoms with Crippen LogP contribution in [0.15, 0.2) is 47.7 Å². The van der Waals surface area contributed by atoms with Crippen LogP contribution in [0.4, 0.5) is 0 Å². The van der Waals surface area contributed by atoms with Crippen molar-refractivity contribution >= 4 is 16.6 Å². The minimum absolute atomic E-state index is 0.215. The fraction of sp³-hybridized carbons (Fsp3) is 0.0667. The minimum atomic E-state index is -0.215.